The lowest BCUT2D eigenvalue weighted by Gasteiger charge is -2.05. The van der Waals surface area contributed by atoms with E-state index in [1.807, 2.05) is 49.5 Å². The van der Waals surface area contributed by atoms with Gasteiger partial charge in [-0.1, -0.05) is 29.8 Å². The molecule has 0 unspecified atom stereocenters. The first-order chi connectivity index (χ1) is 9.65. The van der Waals surface area contributed by atoms with E-state index in [9.17, 15) is 5.11 Å². The summed E-state index contributed by atoms with van der Waals surface area (Å²) in [7, 11) is 0. The number of benzene rings is 2. The van der Waals surface area contributed by atoms with Crippen molar-refractivity contribution in [2.75, 3.05) is 0 Å². The fourth-order valence-corrected chi connectivity index (χ4v) is 2.23. The van der Waals surface area contributed by atoms with Crippen LogP contribution in [0.3, 0.4) is 0 Å². The maximum Gasteiger partial charge on any atom is 0.125 e. The third-order valence-corrected chi connectivity index (χ3v) is 3.57. The number of hydrogen-bond donors (Lipinski definition) is 1. The van der Waals surface area contributed by atoms with Crippen molar-refractivity contribution in [2.45, 2.75) is 6.92 Å². The van der Waals surface area contributed by atoms with Gasteiger partial charge in [0.25, 0.3) is 0 Å². The molecule has 3 nitrogen and oxygen atoms in total. The molecule has 0 fully saturated rings. The summed E-state index contributed by atoms with van der Waals surface area (Å²) >= 11 is 6.11. The van der Waals surface area contributed by atoms with E-state index >= 15 is 0 Å². The van der Waals surface area contributed by atoms with Gasteiger partial charge < -0.3 is 5.11 Å². The second kappa shape index (κ2) is 5.02. The van der Waals surface area contributed by atoms with Gasteiger partial charge in [0, 0.05) is 16.8 Å². The average molecular weight is 285 g/mol. The molecule has 3 rings (SSSR count). The number of para-hydroxylation sites is 1. The van der Waals surface area contributed by atoms with Crippen molar-refractivity contribution < 1.29 is 5.11 Å². The minimum Gasteiger partial charge on any atom is -0.507 e. The van der Waals surface area contributed by atoms with Crippen LogP contribution in [0, 0.1) is 6.92 Å². The summed E-state index contributed by atoms with van der Waals surface area (Å²) < 4.78 is 1.77. The third-order valence-electron chi connectivity index (χ3n) is 3.16. The van der Waals surface area contributed by atoms with Gasteiger partial charge in [-0.15, -0.1) is 0 Å². The number of aromatic hydroxyl groups is 1. The Balaban J connectivity index is 2.05. The highest BCUT2D eigenvalue weighted by molar-refractivity contribution is 6.31. The van der Waals surface area contributed by atoms with Crippen molar-refractivity contribution in [2.24, 2.45) is 0 Å². The Morgan fingerprint density at radius 2 is 1.85 bits per heavy atom. The summed E-state index contributed by atoms with van der Waals surface area (Å²) in [6, 6.07) is 15.1. The van der Waals surface area contributed by atoms with Crippen LogP contribution in [-0.4, -0.2) is 14.9 Å². The second-order valence-electron chi connectivity index (χ2n) is 4.60. The monoisotopic (exact) mass is 284 g/mol. The molecule has 0 bridgehead atoms. The Kier molecular flexibility index (Phi) is 3.20. The number of rotatable bonds is 2. The zero-order valence-corrected chi connectivity index (χ0v) is 11.7. The summed E-state index contributed by atoms with van der Waals surface area (Å²) in [6.07, 6.45) is 1.86. The number of aromatic nitrogens is 2. The fourth-order valence-electron chi connectivity index (χ4n) is 2.06. The molecule has 0 amide bonds. The zero-order chi connectivity index (χ0) is 14.1. The first-order valence-electron chi connectivity index (χ1n) is 6.26. The molecule has 0 spiro atoms. The highest BCUT2D eigenvalue weighted by Crippen LogP contribution is 2.33. The summed E-state index contributed by atoms with van der Waals surface area (Å²) in [6.45, 7) is 1.86. The van der Waals surface area contributed by atoms with E-state index in [0.717, 1.165) is 11.3 Å². The Bertz CT molecular complexity index is 750. The number of aryl methyl sites for hydroxylation is 1. The Morgan fingerprint density at radius 3 is 2.60 bits per heavy atom. The quantitative estimate of drug-likeness (QED) is 0.765. The van der Waals surface area contributed by atoms with Crippen LogP contribution < -0.4 is 0 Å². The van der Waals surface area contributed by atoms with Crippen LogP contribution in [0.4, 0.5) is 0 Å². The molecule has 1 heterocycles. The van der Waals surface area contributed by atoms with Crippen LogP contribution in [0.2, 0.25) is 5.02 Å². The molecule has 3 aromatic rings. The molecular weight excluding hydrogens is 272 g/mol. The first kappa shape index (κ1) is 12.8. The second-order valence-corrected chi connectivity index (χ2v) is 5.01. The molecule has 0 radical (unpaired) electrons. The summed E-state index contributed by atoms with van der Waals surface area (Å²) in [5.41, 5.74) is 3.13. The van der Waals surface area contributed by atoms with E-state index in [1.54, 1.807) is 16.8 Å². The molecule has 20 heavy (non-hydrogen) atoms. The van der Waals surface area contributed by atoms with E-state index in [-0.39, 0.29) is 5.75 Å². The predicted octanol–water partition coefficient (Wildman–Crippen LogP) is 4.21. The van der Waals surface area contributed by atoms with Crippen LogP contribution >= 0.6 is 11.6 Å². The van der Waals surface area contributed by atoms with E-state index in [1.165, 1.54) is 0 Å². The topological polar surface area (TPSA) is 38.0 Å². The number of nitrogens with zero attached hydrogens (tertiary/aromatic N) is 2. The van der Waals surface area contributed by atoms with Crippen LogP contribution in [0.1, 0.15) is 5.56 Å². The molecular formula is C16H13ClN2O. The van der Waals surface area contributed by atoms with Crippen LogP contribution in [0.15, 0.2) is 54.7 Å². The molecule has 0 aliphatic carbocycles. The van der Waals surface area contributed by atoms with E-state index < -0.39 is 0 Å². The minimum atomic E-state index is 0.185. The maximum absolute atomic E-state index is 10.0. The molecule has 0 aliphatic heterocycles. The molecule has 0 aliphatic rings. The molecule has 2 aromatic carbocycles. The lowest BCUT2D eigenvalue weighted by atomic mass is 10.1. The van der Waals surface area contributed by atoms with Gasteiger partial charge in [0.05, 0.1) is 11.4 Å². The van der Waals surface area contributed by atoms with Gasteiger partial charge in [0.15, 0.2) is 0 Å². The zero-order valence-electron chi connectivity index (χ0n) is 10.9. The normalized spacial score (nSPS) is 10.7. The maximum atomic E-state index is 10.0. The van der Waals surface area contributed by atoms with Gasteiger partial charge >= 0.3 is 0 Å². The van der Waals surface area contributed by atoms with Crippen molar-refractivity contribution in [1.29, 1.82) is 0 Å². The van der Waals surface area contributed by atoms with E-state index in [2.05, 4.69) is 5.10 Å². The van der Waals surface area contributed by atoms with Gasteiger partial charge in [-0.3, -0.25) is 0 Å². The smallest absolute Gasteiger partial charge is 0.125 e. The molecule has 100 valence electrons. The number of phenols is 1. The molecule has 0 saturated carbocycles. The van der Waals surface area contributed by atoms with Crippen LogP contribution in [0.5, 0.6) is 5.75 Å². The lowest BCUT2D eigenvalue weighted by Crippen LogP contribution is -1.94. The molecule has 1 aromatic heterocycles. The highest BCUT2D eigenvalue weighted by atomic mass is 35.5. The van der Waals surface area contributed by atoms with Crippen molar-refractivity contribution in [1.82, 2.24) is 9.78 Å². The Hall–Kier alpha value is -2.26. The standard InChI is InChI=1S/C16H13ClN2O/c1-11-9-16(20)13(10-14(11)17)15-7-8-19(18-15)12-5-3-2-4-6-12/h2-10,20H,1H3. The van der Waals surface area contributed by atoms with E-state index in [0.29, 0.717) is 16.3 Å². The molecule has 4 heteroatoms. The van der Waals surface area contributed by atoms with Crippen LogP contribution in [0.25, 0.3) is 16.9 Å². The number of halogens is 1. The van der Waals surface area contributed by atoms with Crippen molar-refractivity contribution in [3.63, 3.8) is 0 Å². The van der Waals surface area contributed by atoms with Gasteiger partial charge in [0.2, 0.25) is 0 Å². The van der Waals surface area contributed by atoms with Crippen molar-refractivity contribution >= 4 is 11.6 Å². The molecule has 0 saturated heterocycles. The summed E-state index contributed by atoms with van der Waals surface area (Å²) in [5.74, 6) is 0.185. The van der Waals surface area contributed by atoms with Gasteiger partial charge in [0.1, 0.15) is 5.75 Å². The molecule has 0 atom stereocenters. The summed E-state index contributed by atoms with van der Waals surface area (Å²) in [5, 5.41) is 15.1. The SMILES string of the molecule is Cc1cc(O)c(-c2ccn(-c3ccccc3)n2)cc1Cl. The molecule has 1 N–H and O–H groups in total. The largest absolute Gasteiger partial charge is 0.507 e. The lowest BCUT2D eigenvalue weighted by molar-refractivity contribution is 0.476. The number of hydrogen-bond acceptors (Lipinski definition) is 2. The average Bonchev–Trinajstić information content (AvgIpc) is 2.93. The Morgan fingerprint density at radius 1 is 1.10 bits per heavy atom. The van der Waals surface area contributed by atoms with Crippen molar-refractivity contribution in [3.8, 4) is 22.7 Å². The van der Waals surface area contributed by atoms with Crippen molar-refractivity contribution in [3.05, 3.63) is 65.3 Å². The van der Waals surface area contributed by atoms with Gasteiger partial charge in [-0.25, -0.2) is 4.68 Å². The number of phenolic OH excluding ortho intramolecular Hbond substituents is 1. The summed E-state index contributed by atoms with van der Waals surface area (Å²) in [4.78, 5) is 0. The highest BCUT2D eigenvalue weighted by Gasteiger charge is 2.11. The fraction of sp³-hybridized carbons (Fsp3) is 0.0625. The van der Waals surface area contributed by atoms with Crippen LogP contribution in [-0.2, 0) is 0 Å². The first-order valence-corrected chi connectivity index (χ1v) is 6.63. The van der Waals surface area contributed by atoms with Gasteiger partial charge in [-0.05, 0) is 42.8 Å². The minimum absolute atomic E-state index is 0.185. The third kappa shape index (κ3) is 2.28. The van der Waals surface area contributed by atoms with E-state index in [4.69, 9.17) is 11.6 Å². The van der Waals surface area contributed by atoms with Gasteiger partial charge in [-0.2, -0.15) is 5.10 Å². The predicted molar refractivity (Wildman–Crippen MR) is 80.4 cm³/mol. The Labute approximate surface area is 122 Å².